The lowest BCUT2D eigenvalue weighted by molar-refractivity contribution is -0.0263. The van der Waals surface area contributed by atoms with E-state index in [-0.39, 0.29) is 16.8 Å². The summed E-state index contributed by atoms with van der Waals surface area (Å²) in [6, 6.07) is 0. The molecule has 0 aromatic carbocycles. The molecule has 96 valence electrons. The molecule has 4 bridgehead atoms. The highest BCUT2D eigenvalue weighted by Gasteiger charge is 2.62. The van der Waals surface area contributed by atoms with E-state index in [0.29, 0.717) is 0 Å². The first-order valence-corrected chi connectivity index (χ1v) is 8.40. The van der Waals surface area contributed by atoms with Crippen molar-refractivity contribution in [2.24, 2.45) is 23.7 Å². The lowest BCUT2D eigenvalue weighted by atomic mass is 9.65. The largest absolute Gasteiger partial charge is 0.270 e. The van der Waals surface area contributed by atoms with Crippen LogP contribution in [0.3, 0.4) is 0 Å². The lowest BCUT2D eigenvalue weighted by Gasteiger charge is -2.43. The molecule has 17 heavy (non-hydrogen) atoms. The Morgan fingerprint density at radius 2 is 1.59 bits per heavy atom. The summed E-state index contributed by atoms with van der Waals surface area (Å²) in [5.41, 5.74) is -0.295. The zero-order valence-electron chi connectivity index (χ0n) is 10.3. The summed E-state index contributed by atoms with van der Waals surface area (Å²) in [5, 5.41) is -0.277. The Balaban J connectivity index is 1.83. The van der Waals surface area contributed by atoms with Crippen LogP contribution in [0.15, 0.2) is 0 Å². The molecule has 0 N–H and O–H groups in total. The minimum absolute atomic E-state index is 0.271. The first-order valence-electron chi connectivity index (χ1n) is 6.93. The molecular formula is C13H20O3S. The van der Waals surface area contributed by atoms with Gasteiger partial charge in [0.2, 0.25) is 0 Å². The fourth-order valence-electron chi connectivity index (χ4n) is 5.42. The van der Waals surface area contributed by atoms with E-state index >= 15 is 0 Å². The lowest BCUT2D eigenvalue weighted by Crippen LogP contribution is -2.43. The molecule has 1 saturated heterocycles. The second kappa shape index (κ2) is 3.08. The van der Waals surface area contributed by atoms with Crippen molar-refractivity contribution in [3.63, 3.8) is 0 Å². The van der Waals surface area contributed by atoms with Gasteiger partial charge in [-0.25, -0.2) is 0 Å². The average molecular weight is 256 g/mol. The van der Waals surface area contributed by atoms with E-state index < -0.39 is 10.1 Å². The molecular weight excluding hydrogens is 236 g/mol. The Kier molecular flexibility index (Phi) is 1.95. The van der Waals surface area contributed by atoms with Gasteiger partial charge < -0.3 is 0 Å². The first kappa shape index (κ1) is 10.8. The maximum Gasteiger partial charge on any atom is 0.270 e. The highest BCUT2D eigenvalue weighted by atomic mass is 32.2. The number of hydrogen-bond donors (Lipinski definition) is 0. The SMILES string of the molecule is C[C@@H]1[C@@H]2CC3C[C@@H]4C[C@@H](C3)CC2(C4)OS1(=O)=O. The van der Waals surface area contributed by atoms with Crippen molar-refractivity contribution < 1.29 is 12.6 Å². The van der Waals surface area contributed by atoms with Crippen LogP contribution in [0.1, 0.15) is 45.4 Å². The third-order valence-corrected chi connectivity index (χ3v) is 7.64. The summed E-state index contributed by atoms with van der Waals surface area (Å²) in [4.78, 5) is 0. The van der Waals surface area contributed by atoms with Gasteiger partial charge in [0.05, 0.1) is 10.9 Å². The molecule has 4 atom stereocenters. The van der Waals surface area contributed by atoms with Crippen molar-refractivity contribution in [2.45, 2.75) is 56.3 Å². The van der Waals surface area contributed by atoms with Crippen molar-refractivity contribution in [3.05, 3.63) is 0 Å². The van der Waals surface area contributed by atoms with Crippen LogP contribution in [-0.4, -0.2) is 19.3 Å². The molecule has 0 aromatic heterocycles. The van der Waals surface area contributed by atoms with Crippen molar-refractivity contribution in [1.82, 2.24) is 0 Å². The van der Waals surface area contributed by atoms with E-state index in [0.717, 1.165) is 37.0 Å². The van der Waals surface area contributed by atoms with Crippen LogP contribution in [0.5, 0.6) is 0 Å². The molecule has 1 spiro atoms. The van der Waals surface area contributed by atoms with Gasteiger partial charge in [0, 0.05) is 5.92 Å². The van der Waals surface area contributed by atoms with Crippen molar-refractivity contribution in [3.8, 4) is 0 Å². The van der Waals surface area contributed by atoms with Gasteiger partial charge in [-0.05, 0) is 63.2 Å². The Morgan fingerprint density at radius 3 is 2.24 bits per heavy atom. The molecule has 4 saturated carbocycles. The maximum absolute atomic E-state index is 12.0. The van der Waals surface area contributed by atoms with Gasteiger partial charge >= 0.3 is 0 Å². The summed E-state index contributed by atoms with van der Waals surface area (Å²) in [7, 11) is -3.29. The standard InChI is InChI=1S/C13H20O3S/c1-8-12-5-9-2-10-4-11(3-9)7-13(12,6-10)16-17(8,14)15/h8-12H,2-7H2,1H3/t8-,9?,10-,11-,12+,13?/m1/s1. The van der Waals surface area contributed by atoms with Gasteiger partial charge in [0.1, 0.15) is 0 Å². The fourth-order valence-corrected chi connectivity index (χ4v) is 7.06. The quantitative estimate of drug-likeness (QED) is 0.625. The molecule has 1 aliphatic heterocycles. The van der Waals surface area contributed by atoms with E-state index in [4.69, 9.17) is 4.18 Å². The highest BCUT2D eigenvalue weighted by molar-refractivity contribution is 7.87. The minimum atomic E-state index is -3.29. The van der Waals surface area contributed by atoms with Gasteiger partial charge in [0.25, 0.3) is 10.1 Å². The number of rotatable bonds is 0. The van der Waals surface area contributed by atoms with Gasteiger partial charge in [-0.3, -0.25) is 4.18 Å². The van der Waals surface area contributed by atoms with E-state index in [2.05, 4.69) is 0 Å². The zero-order chi connectivity index (χ0) is 11.8. The van der Waals surface area contributed by atoms with E-state index in [1.807, 2.05) is 6.92 Å². The third-order valence-electron chi connectivity index (χ3n) is 5.84. The van der Waals surface area contributed by atoms with Gasteiger partial charge in [-0.15, -0.1) is 0 Å². The van der Waals surface area contributed by atoms with Gasteiger partial charge in [-0.2, -0.15) is 8.42 Å². The van der Waals surface area contributed by atoms with Crippen molar-refractivity contribution >= 4 is 10.1 Å². The molecule has 5 aliphatic rings. The Bertz CT molecular complexity index is 441. The summed E-state index contributed by atoms with van der Waals surface area (Å²) in [6.45, 7) is 1.86. The molecule has 4 heteroatoms. The van der Waals surface area contributed by atoms with Crippen LogP contribution in [0.4, 0.5) is 0 Å². The smallest absolute Gasteiger partial charge is 0.263 e. The number of hydrogen-bond acceptors (Lipinski definition) is 3. The summed E-state index contributed by atoms with van der Waals surface area (Å²) < 4.78 is 29.7. The second-order valence-electron chi connectivity index (χ2n) is 6.90. The Hall–Kier alpha value is -0.0900. The van der Waals surface area contributed by atoms with Crippen molar-refractivity contribution in [1.29, 1.82) is 0 Å². The normalized spacial score (nSPS) is 59.0. The summed E-state index contributed by atoms with van der Waals surface area (Å²) in [5.74, 6) is 2.51. The predicted molar refractivity (Wildman–Crippen MR) is 63.9 cm³/mol. The molecule has 5 rings (SSSR count). The molecule has 0 amide bonds. The van der Waals surface area contributed by atoms with Crippen LogP contribution < -0.4 is 0 Å². The van der Waals surface area contributed by atoms with Crippen LogP contribution in [0, 0.1) is 23.7 Å². The molecule has 0 radical (unpaired) electrons. The average Bonchev–Trinajstić information content (AvgIpc) is 2.33. The topological polar surface area (TPSA) is 43.4 Å². The molecule has 5 fully saturated rings. The molecule has 0 aromatic rings. The third kappa shape index (κ3) is 1.34. The second-order valence-corrected chi connectivity index (χ2v) is 8.80. The van der Waals surface area contributed by atoms with E-state index in [1.165, 1.54) is 19.3 Å². The Morgan fingerprint density at radius 1 is 1.00 bits per heavy atom. The molecule has 4 aliphatic carbocycles. The van der Waals surface area contributed by atoms with Crippen LogP contribution in [-0.2, 0) is 14.3 Å². The molecule has 0 unspecified atom stereocenters. The van der Waals surface area contributed by atoms with Gasteiger partial charge in [0.15, 0.2) is 0 Å². The van der Waals surface area contributed by atoms with Gasteiger partial charge in [-0.1, -0.05) is 0 Å². The monoisotopic (exact) mass is 256 g/mol. The Labute approximate surface area is 103 Å². The van der Waals surface area contributed by atoms with Crippen LogP contribution >= 0.6 is 0 Å². The minimum Gasteiger partial charge on any atom is -0.263 e. The fraction of sp³-hybridized carbons (Fsp3) is 1.00. The van der Waals surface area contributed by atoms with E-state index in [9.17, 15) is 8.42 Å². The molecule has 3 nitrogen and oxygen atoms in total. The van der Waals surface area contributed by atoms with E-state index in [1.54, 1.807) is 0 Å². The highest BCUT2D eigenvalue weighted by Crippen LogP contribution is 2.60. The predicted octanol–water partition coefficient (Wildman–Crippen LogP) is 2.32. The summed E-state index contributed by atoms with van der Waals surface area (Å²) >= 11 is 0. The molecule has 1 heterocycles. The first-order chi connectivity index (χ1) is 7.98. The van der Waals surface area contributed by atoms with Crippen molar-refractivity contribution in [2.75, 3.05) is 0 Å². The zero-order valence-corrected chi connectivity index (χ0v) is 11.1. The summed E-state index contributed by atoms with van der Waals surface area (Å²) in [6.07, 6.45) is 7.08. The maximum atomic E-state index is 12.0. The van der Waals surface area contributed by atoms with Crippen LogP contribution in [0.2, 0.25) is 0 Å². The van der Waals surface area contributed by atoms with Crippen LogP contribution in [0.25, 0.3) is 0 Å².